The van der Waals surface area contributed by atoms with Gasteiger partial charge in [-0.25, -0.2) is 0 Å². The molecule has 0 spiro atoms. The molecule has 5 nitrogen and oxygen atoms in total. The SMILES string of the molecule is CCCC(=O)N1CCCC(C(=O)N2CCN(c3cccc(C)c3)CC2)C1. The molecule has 0 aliphatic carbocycles. The van der Waals surface area contributed by atoms with Crippen LogP contribution in [-0.4, -0.2) is 60.9 Å². The predicted octanol–water partition coefficient (Wildman–Crippen LogP) is 2.68. The fraction of sp³-hybridized carbons (Fsp3) is 0.619. The number of piperidine rings is 1. The Morgan fingerprint density at radius 3 is 2.54 bits per heavy atom. The zero-order valence-corrected chi connectivity index (χ0v) is 16.1. The monoisotopic (exact) mass is 357 g/mol. The molecule has 1 aromatic rings. The van der Waals surface area contributed by atoms with E-state index in [2.05, 4.69) is 36.1 Å². The first-order chi connectivity index (χ1) is 12.6. The van der Waals surface area contributed by atoms with Gasteiger partial charge in [-0.05, 0) is 43.9 Å². The fourth-order valence-corrected chi connectivity index (χ4v) is 4.05. The summed E-state index contributed by atoms with van der Waals surface area (Å²) in [6.45, 7) is 8.84. The lowest BCUT2D eigenvalue weighted by Gasteiger charge is -2.39. The Labute approximate surface area is 156 Å². The number of hydrogen-bond donors (Lipinski definition) is 0. The van der Waals surface area contributed by atoms with E-state index in [1.165, 1.54) is 11.3 Å². The minimum Gasteiger partial charge on any atom is -0.368 e. The number of rotatable bonds is 4. The van der Waals surface area contributed by atoms with Crippen LogP contribution in [0, 0.1) is 12.8 Å². The highest BCUT2D eigenvalue weighted by atomic mass is 16.2. The average Bonchev–Trinajstić information content (AvgIpc) is 2.68. The Balaban J connectivity index is 1.54. The third kappa shape index (κ3) is 4.37. The highest BCUT2D eigenvalue weighted by Gasteiger charge is 2.32. The molecular weight excluding hydrogens is 326 g/mol. The van der Waals surface area contributed by atoms with Crippen LogP contribution in [0.4, 0.5) is 5.69 Å². The molecule has 2 fully saturated rings. The van der Waals surface area contributed by atoms with E-state index in [1.54, 1.807) is 0 Å². The van der Waals surface area contributed by atoms with Crippen LogP contribution in [0.15, 0.2) is 24.3 Å². The van der Waals surface area contributed by atoms with Gasteiger partial charge >= 0.3 is 0 Å². The van der Waals surface area contributed by atoms with Gasteiger partial charge in [0.15, 0.2) is 0 Å². The first kappa shape index (κ1) is 18.7. The second-order valence-electron chi connectivity index (χ2n) is 7.58. The Bertz CT molecular complexity index is 638. The third-order valence-electron chi connectivity index (χ3n) is 5.55. The summed E-state index contributed by atoms with van der Waals surface area (Å²) >= 11 is 0. The van der Waals surface area contributed by atoms with Crippen molar-refractivity contribution >= 4 is 17.5 Å². The molecular formula is C21H31N3O2. The van der Waals surface area contributed by atoms with Crippen molar-refractivity contribution in [2.24, 2.45) is 5.92 Å². The summed E-state index contributed by atoms with van der Waals surface area (Å²) in [6, 6.07) is 8.54. The molecule has 2 aliphatic rings. The molecule has 0 bridgehead atoms. The van der Waals surface area contributed by atoms with Crippen LogP contribution in [0.3, 0.4) is 0 Å². The molecule has 5 heteroatoms. The molecule has 0 radical (unpaired) electrons. The first-order valence-electron chi connectivity index (χ1n) is 9.96. The van der Waals surface area contributed by atoms with E-state index in [0.717, 1.165) is 52.0 Å². The van der Waals surface area contributed by atoms with Gasteiger partial charge in [0.2, 0.25) is 11.8 Å². The van der Waals surface area contributed by atoms with Crippen molar-refractivity contribution in [3.63, 3.8) is 0 Å². The van der Waals surface area contributed by atoms with Crippen molar-refractivity contribution in [2.75, 3.05) is 44.2 Å². The Kier molecular flexibility index (Phi) is 6.17. The van der Waals surface area contributed by atoms with E-state index >= 15 is 0 Å². The number of anilines is 1. The normalized spacial score (nSPS) is 21.0. The smallest absolute Gasteiger partial charge is 0.227 e. The number of hydrogen-bond acceptors (Lipinski definition) is 3. The molecule has 1 aromatic carbocycles. The molecule has 0 aromatic heterocycles. The predicted molar refractivity (Wildman–Crippen MR) is 104 cm³/mol. The van der Waals surface area contributed by atoms with Gasteiger partial charge in [0.1, 0.15) is 0 Å². The molecule has 142 valence electrons. The summed E-state index contributed by atoms with van der Waals surface area (Å²) in [5, 5.41) is 0. The zero-order chi connectivity index (χ0) is 18.5. The topological polar surface area (TPSA) is 43.9 Å². The summed E-state index contributed by atoms with van der Waals surface area (Å²) < 4.78 is 0. The lowest BCUT2D eigenvalue weighted by molar-refractivity contribution is -0.141. The number of amides is 2. The molecule has 0 N–H and O–H groups in total. The zero-order valence-electron chi connectivity index (χ0n) is 16.1. The van der Waals surface area contributed by atoms with Crippen LogP contribution >= 0.6 is 0 Å². The lowest BCUT2D eigenvalue weighted by Crippen LogP contribution is -2.53. The first-order valence-corrected chi connectivity index (χ1v) is 9.96. The molecule has 3 rings (SSSR count). The van der Waals surface area contributed by atoms with Crippen LogP contribution in [0.1, 0.15) is 38.2 Å². The minimum absolute atomic E-state index is 0.0184. The van der Waals surface area contributed by atoms with Gasteiger partial charge in [0.25, 0.3) is 0 Å². The van der Waals surface area contributed by atoms with Crippen LogP contribution < -0.4 is 4.90 Å². The Hall–Kier alpha value is -2.04. The van der Waals surface area contributed by atoms with E-state index in [-0.39, 0.29) is 17.7 Å². The minimum atomic E-state index is -0.0184. The highest BCUT2D eigenvalue weighted by Crippen LogP contribution is 2.22. The van der Waals surface area contributed by atoms with E-state index in [4.69, 9.17) is 0 Å². The van der Waals surface area contributed by atoms with E-state index in [1.807, 2.05) is 16.7 Å². The number of benzene rings is 1. The van der Waals surface area contributed by atoms with E-state index in [0.29, 0.717) is 13.0 Å². The maximum Gasteiger partial charge on any atom is 0.227 e. The third-order valence-corrected chi connectivity index (χ3v) is 5.55. The van der Waals surface area contributed by atoms with Crippen molar-refractivity contribution in [1.29, 1.82) is 0 Å². The molecule has 2 amide bonds. The molecule has 0 saturated carbocycles. The van der Waals surface area contributed by atoms with E-state index < -0.39 is 0 Å². The van der Waals surface area contributed by atoms with Crippen LogP contribution in [0.5, 0.6) is 0 Å². The van der Waals surface area contributed by atoms with Crippen molar-refractivity contribution < 1.29 is 9.59 Å². The van der Waals surface area contributed by atoms with Gasteiger partial charge in [-0.2, -0.15) is 0 Å². The average molecular weight is 357 g/mol. The second-order valence-corrected chi connectivity index (χ2v) is 7.58. The number of nitrogens with zero attached hydrogens (tertiary/aromatic N) is 3. The fourth-order valence-electron chi connectivity index (χ4n) is 4.05. The molecule has 1 unspecified atom stereocenters. The van der Waals surface area contributed by atoms with Crippen LogP contribution in [0.2, 0.25) is 0 Å². The molecule has 1 atom stereocenters. The van der Waals surface area contributed by atoms with Gasteiger partial charge in [-0.15, -0.1) is 0 Å². The van der Waals surface area contributed by atoms with Gasteiger partial charge in [-0.3, -0.25) is 9.59 Å². The largest absolute Gasteiger partial charge is 0.368 e. The van der Waals surface area contributed by atoms with Crippen molar-refractivity contribution in [3.8, 4) is 0 Å². The van der Waals surface area contributed by atoms with Gasteiger partial charge < -0.3 is 14.7 Å². The molecule has 26 heavy (non-hydrogen) atoms. The van der Waals surface area contributed by atoms with Crippen molar-refractivity contribution in [1.82, 2.24) is 9.80 Å². The molecule has 2 saturated heterocycles. The van der Waals surface area contributed by atoms with Gasteiger partial charge in [0.05, 0.1) is 5.92 Å². The van der Waals surface area contributed by atoms with Gasteiger partial charge in [0, 0.05) is 51.4 Å². The molecule has 2 heterocycles. The standard InChI is InChI=1S/C21H31N3O2/c1-3-6-20(25)24-10-5-8-18(16-24)21(26)23-13-11-22(12-14-23)19-9-4-7-17(2)15-19/h4,7,9,15,18H,3,5-6,8,10-14,16H2,1-2H3. The lowest BCUT2D eigenvalue weighted by atomic mass is 9.95. The number of carbonyl (C=O) groups is 2. The quantitative estimate of drug-likeness (QED) is 0.832. The Morgan fingerprint density at radius 2 is 1.85 bits per heavy atom. The summed E-state index contributed by atoms with van der Waals surface area (Å²) in [7, 11) is 0. The summed E-state index contributed by atoms with van der Waals surface area (Å²) in [4.78, 5) is 31.4. The second kappa shape index (κ2) is 8.56. The van der Waals surface area contributed by atoms with Gasteiger partial charge in [-0.1, -0.05) is 19.1 Å². The maximum absolute atomic E-state index is 12.9. The number of likely N-dealkylation sites (tertiary alicyclic amines) is 1. The van der Waals surface area contributed by atoms with Crippen molar-refractivity contribution in [2.45, 2.75) is 39.5 Å². The maximum atomic E-state index is 12.9. The molecule has 2 aliphatic heterocycles. The summed E-state index contributed by atoms with van der Waals surface area (Å²) in [6.07, 6.45) is 3.31. The number of aryl methyl sites for hydroxylation is 1. The van der Waals surface area contributed by atoms with E-state index in [9.17, 15) is 9.59 Å². The van der Waals surface area contributed by atoms with Crippen LogP contribution in [0.25, 0.3) is 0 Å². The highest BCUT2D eigenvalue weighted by molar-refractivity contribution is 5.81. The van der Waals surface area contributed by atoms with Crippen LogP contribution in [-0.2, 0) is 9.59 Å². The number of piperazine rings is 1. The summed E-state index contributed by atoms with van der Waals surface area (Å²) in [5.74, 6) is 0.423. The number of carbonyl (C=O) groups excluding carboxylic acids is 2. The Morgan fingerprint density at radius 1 is 1.08 bits per heavy atom. The summed E-state index contributed by atoms with van der Waals surface area (Å²) in [5.41, 5.74) is 2.51. The van der Waals surface area contributed by atoms with Crippen molar-refractivity contribution in [3.05, 3.63) is 29.8 Å².